The molecule has 134 valence electrons. The standard InChI is InChI=1S/C20H21N3O2S/c1-14-8-6-9-15(2)18(14)21-17(24)12-7-13-26-20-23-22-19(25-20)16-10-4-3-5-11-16/h3-6,8-11H,7,12-13H2,1-2H3,(H,21,24). The van der Waals surface area contributed by atoms with Gasteiger partial charge in [0.15, 0.2) is 0 Å². The number of benzene rings is 2. The van der Waals surface area contributed by atoms with E-state index in [0.717, 1.165) is 34.6 Å². The fourth-order valence-corrected chi connectivity index (χ4v) is 3.27. The largest absolute Gasteiger partial charge is 0.411 e. The lowest BCUT2D eigenvalue weighted by Crippen LogP contribution is -2.13. The Balaban J connectivity index is 1.44. The van der Waals surface area contributed by atoms with Gasteiger partial charge in [0.05, 0.1) is 0 Å². The van der Waals surface area contributed by atoms with Crippen LogP contribution < -0.4 is 5.32 Å². The average molecular weight is 367 g/mol. The Hall–Kier alpha value is -2.60. The van der Waals surface area contributed by atoms with Gasteiger partial charge in [-0.2, -0.15) is 0 Å². The minimum absolute atomic E-state index is 0.0264. The molecule has 0 fully saturated rings. The van der Waals surface area contributed by atoms with E-state index in [0.29, 0.717) is 17.5 Å². The number of nitrogens with one attached hydrogen (secondary N) is 1. The molecule has 6 heteroatoms. The van der Waals surface area contributed by atoms with Crippen LogP contribution in [0.25, 0.3) is 11.5 Å². The molecular weight excluding hydrogens is 346 g/mol. The zero-order valence-electron chi connectivity index (χ0n) is 14.9. The van der Waals surface area contributed by atoms with Gasteiger partial charge >= 0.3 is 0 Å². The minimum atomic E-state index is 0.0264. The van der Waals surface area contributed by atoms with Gasteiger partial charge in [-0.25, -0.2) is 0 Å². The first-order valence-electron chi connectivity index (χ1n) is 8.51. The monoisotopic (exact) mass is 367 g/mol. The van der Waals surface area contributed by atoms with Crippen LogP contribution in [0.15, 0.2) is 58.2 Å². The molecule has 1 N–H and O–H groups in total. The van der Waals surface area contributed by atoms with Crippen molar-refractivity contribution in [2.24, 2.45) is 0 Å². The highest BCUT2D eigenvalue weighted by molar-refractivity contribution is 7.99. The number of carbonyl (C=O) groups is 1. The Morgan fingerprint density at radius 2 is 1.77 bits per heavy atom. The number of hydrogen-bond donors (Lipinski definition) is 1. The van der Waals surface area contributed by atoms with Crippen molar-refractivity contribution in [3.63, 3.8) is 0 Å². The summed E-state index contributed by atoms with van der Waals surface area (Å²) < 4.78 is 5.64. The number of rotatable bonds is 7. The van der Waals surface area contributed by atoms with Crippen molar-refractivity contribution in [2.75, 3.05) is 11.1 Å². The Morgan fingerprint density at radius 3 is 2.50 bits per heavy atom. The van der Waals surface area contributed by atoms with Gasteiger partial charge in [-0.1, -0.05) is 48.2 Å². The maximum atomic E-state index is 12.1. The molecule has 26 heavy (non-hydrogen) atoms. The number of para-hydroxylation sites is 1. The lowest BCUT2D eigenvalue weighted by molar-refractivity contribution is -0.116. The first-order chi connectivity index (χ1) is 12.6. The molecule has 1 amide bonds. The van der Waals surface area contributed by atoms with Crippen LogP contribution >= 0.6 is 11.8 Å². The predicted octanol–water partition coefficient (Wildman–Crippen LogP) is 4.86. The second-order valence-corrected chi connectivity index (χ2v) is 7.05. The van der Waals surface area contributed by atoms with E-state index in [2.05, 4.69) is 15.5 Å². The minimum Gasteiger partial charge on any atom is -0.411 e. The number of nitrogens with zero attached hydrogens (tertiary/aromatic N) is 2. The van der Waals surface area contributed by atoms with Crippen molar-refractivity contribution in [3.8, 4) is 11.5 Å². The Labute approximate surface area is 157 Å². The molecule has 3 rings (SSSR count). The van der Waals surface area contributed by atoms with Crippen molar-refractivity contribution in [1.82, 2.24) is 10.2 Å². The van der Waals surface area contributed by atoms with Gasteiger partial charge in [0.1, 0.15) is 0 Å². The molecular formula is C20H21N3O2S. The summed E-state index contributed by atoms with van der Waals surface area (Å²) in [6.07, 6.45) is 1.20. The quantitative estimate of drug-likeness (QED) is 0.477. The molecule has 0 atom stereocenters. The number of thioether (sulfide) groups is 1. The van der Waals surface area contributed by atoms with Crippen LogP contribution in [0.5, 0.6) is 0 Å². The Morgan fingerprint density at radius 1 is 1.04 bits per heavy atom. The second kappa shape index (κ2) is 8.67. The average Bonchev–Trinajstić information content (AvgIpc) is 3.12. The zero-order chi connectivity index (χ0) is 18.4. The number of hydrogen-bond acceptors (Lipinski definition) is 5. The van der Waals surface area contributed by atoms with Gasteiger partial charge in [0.2, 0.25) is 11.8 Å². The summed E-state index contributed by atoms with van der Waals surface area (Å²) in [4.78, 5) is 12.1. The Kier molecular flexibility index (Phi) is 6.07. The molecule has 0 spiro atoms. The molecule has 0 aliphatic carbocycles. The topological polar surface area (TPSA) is 68.0 Å². The van der Waals surface area contributed by atoms with E-state index in [-0.39, 0.29) is 5.91 Å². The van der Waals surface area contributed by atoms with Gasteiger partial charge in [0.25, 0.3) is 5.22 Å². The van der Waals surface area contributed by atoms with E-state index in [1.165, 1.54) is 11.8 Å². The van der Waals surface area contributed by atoms with E-state index in [4.69, 9.17) is 4.42 Å². The Bertz CT molecular complexity index is 858. The lowest BCUT2D eigenvalue weighted by Gasteiger charge is -2.11. The van der Waals surface area contributed by atoms with E-state index < -0.39 is 0 Å². The van der Waals surface area contributed by atoms with E-state index in [1.54, 1.807) is 0 Å². The van der Waals surface area contributed by atoms with Crippen molar-refractivity contribution in [2.45, 2.75) is 31.9 Å². The van der Waals surface area contributed by atoms with Crippen molar-refractivity contribution < 1.29 is 9.21 Å². The smallest absolute Gasteiger partial charge is 0.276 e. The molecule has 0 aliphatic heterocycles. The number of amides is 1. The number of aryl methyl sites for hydroxylation is 2. The predicted molar refractivity (Wildman–Crippen MR) is 104 cm³/mol. The van der Waals surface area contributed by atoms with Gasteiger partial charge in [-0.05, 0) is 43.5 Å². The molecule has 2 aromatic carbocycles. The van der Waals surface area contributed by atoms with Crippen LogP contribution in [0.3, 0.4) is 0 Å². The van der Waals surface area contributed by atoms with Crippen LogP contribution in [0.4, 0.5) is 5.69 Å². The molecule has 0 aliphatic rings. The fraction of sp³-hybridized carbons (Fsp3) is 0.250. The highest BCUT2D eigenvalue weighted by Gasteiger charge is 2.10. The molecule has 1 heterocycles. The van der Waals surface area contributed by atoms with Gasteiger partial charge in [-0.15, -0.1) is 10.2 Å². The summed E-state index contributed by atoms with van der Waals surface area (Å²) in [6.45, 7) is 4.00. The lowest BCUT2D eigenvalue weighted by atomic mass is 10.1. The normalized spacial score (nSPS) is 10.7. The van der Waals surface area contributed by atoms with E-state index >= 15 is 0 Å². The number of aromatic nitrogens is 2. The van der Waals surface area contributed by atoms with Crippen LogP contribution in [0.1, 0.15) is 24.0 Å². The molecule has 0 saturated carbocycles. The molecule has 0 saturated heterocycles. The third-order valence-electron chi connectivity index (χ3n) is 3.95. The number of anilines is 1. The number of carbonyl (C=O) groups excluding carboxylic acids is 1. The summed E-state index contributed by atoms with van der Waals surface area (Å²) in [5.74, 6) is 1.29. The fourth-order valence-electron chi connectivity index (χ4n) is 2.57. The van der Waals surface area contributed by atoms with Crippen molar-refractivity contribution in [3.05, 3.63) is 59.7 Å². The van der Waals surface area contributed by atoms with E-state index in [1.807, 2.05) is 62.4 Å². The van der Waals surface area contributed by atoms with Crippen LogP contribution in [-0.4, -0.2) is 21.9 Å². The maximum Gasteiger partial charge on any atom is 0.276 e. The van der Waals surface area contributed by atoms with Gasteiger partial charge in [-0.3, -0.25) is 4.79 Å². The SMILES string of the molecule is Cc1cccc(C)c1NC(=O)CCCSc1nnc(-c2ccccc2)o1. The summed E-state index contributed by atoms with van der Waals surface area (Å²) in [5, 5.41) is 11.6. The summed E-state index contributed by atoms with van der Waals surface area (Å²) in [5.41, 5.74) is 3.97. The van der Waals surface area contributed by atoms with Crippen molar-refractivity contribution >= 4 is 23.4 Å². The molecule has 1 aromatic heterocycles. The van der Waals surface area contributed by atoms with Crippen LogP contribution in [0, 0.1) is 13.8 Å². The highest BCUT2D eigenvalue weighted by Crippen LogP contribution is 2.24. The highest BCUT2D eigenvalue weighted by atomic mass is 32.2. The van der Waals surface area contributed by atoms with Gasteiger partial charge < -0.3 is 9.73 Å². The zero-order valence-corrected chi connectivity index (χ0v) is 15.7. The maximum absolute atomic E-state index is 12.1. The van der Waals surface area contributed by atoms with E-state index in [9.17, 15) is 4.79 Å². The summed E-state index contributed by atoms with van der Waals surface area (Å²) in [7, 11) is 0. The summed E-state index contributed by atoms with van der Waals surface area (Å²) in [6, 6.07) is 15.7. The first-order valence-corrected chi connectivity index (χ1v) is 9.50. The third kappa shape index (κ3) is 4.73. The molecule has 0 unspecified atom stereocenters. The molecule has 0 bridgehead atoms. The second-order valence-electron chi connectivity index (χ2n) is 6.01. The molecule has 0 radical (unpaired) electrons. The van der Waals surface area contributed by atoms with Crippen molar-refractivity contribution in [1.29, 1.82) is 0 Å². The summed E-state index contributed by atoms with van der Waals surface area (Å²) >= 11 is 1.47. The third-order valence-corrected chi connectivity index (χ3v) is 4.85. The van der Waals surface area contributed by atoms with Crippen LogP contribution in [0.2, 0.25) is 0 Å². The molecule has 5 nitrogen and oxygen atoms in total. The van der Waals surface area contributed by atoms with Gasteiger partial charge in [0, 0.05) is 23.4 Å². The first kappa shape index (κ1) is 18.2. The molecule has 3 aromatic rings. The van der Waals surface area contributed by atoms with Crippen LogP contribution in [-0.2, 0) is 4.79 Å².